The molecule has 3 rings (SSSR count). The molecule has 0 aromatic heterocycles. The lowest BCUT2D eigenvalue weighted by molar-refractivity contribution is -0.117. The van der Waals surface area contributed by atoms with Gasteiger partial charge in [-0.2, -0.15) is 5.26 Å². The Hall–Kier alpha value is -3.76. The number of hydrogen-bond donors (Lipinski definition) is 1. The minimum Gasteiger partial charge on any atom is -0.497 e. The van der Waals surface area contributed by atoms with Gasteiger partial charge in [-0.1, -0.05) is 52.3 Å². The third-order valence-corrected chi connectivity index (χ3v) is 5.08. The Balaban J connectivity index is 1.64. The van der Waals surface area contributed by atoms with Gasteiger partial charge in [0, 0.05) is 22.6 Å². The molecule has 3 aromatic rings. The minimum atomic E-state index is -0.450. The molecule has 33 heavy (non-hydrogen) atoms. The number of ether oxygens (including phenoxy) is 3. The van der Waals surface area contributed by atoms with Crippen molar-refractivity contribution in [3.63, 3.8) is 0 Å². The van der Waals surface area contributed by atoms with Crippen LogP contribution in [-0.2, 0) is 11.3 Å². The molecular formula is C26H23BrN2O4. The maximum atomic E-state index is 12.5. The average Bonchev–Trinajstić information content (AvgIpc) is 2.85. The van der Waals surface area contributed by atoms with E-state index in [9.17, 15) is 10.1 Å². The highest BCUT2D eigenvalue weighted by atomic mass is 79.9. The number of nitrogens with one attached hydrogen (secondary N) is 1. The number of carbonyl (C=O) groups excluding carboxylic acids is 1. The van der Waals surface area contributed by atoms with Crippen molar-refractivity contribution in [2.24, 2.45) is 0 Å². The van der Waals surface area contributed by atoms with E-state index in [0.29, 0.717) is 36.0 Å². The van der Waals surface area contributed by atoms with Gasteiger partial charge >= 0.3 is 0 Å². The molecule has 0 bridgehead atoms. The van der Waals surface area contributed by atoms with Crippen LogP contribution < -0.4 is 19.5 Å². The quantitative estimate of drug-likeness (QED) is 0.234. The van der Waals surface area contributed by atoms with Crippen molar-refractivity contribution in [3.8, 4) is 23.3 Å². The van der Waals surface area contributed by atoms with Gasteiger partial charge in [-0.25, -0.2) is 0 Å². The Kier molecular flexibility index (Phi) is 8.92. The molecule has 0 spiro atoms. The van der Waals surface area contributed by atoms with Crippen molar-refractivity contribution in [3.05, 3.63) is 94.0 Å². The van der Waals surface area contributed by atoms with Gasteiger partial charge in [0.1, 0.15) is 42.1 Å². The maximum Gasteiger partial charge on any atom is 0.262 e. The Labute approximate surface area is 201 Å². The summed E-state index contributed by atoms with van der Waals surface area (Å²) < 4.78 is 17.6. The van der Waals surface area contributed by atoms with E-state index in [2.05, 4.69) is 21.2 Å². The molecule has 0 atom stereocenters. The fraction of sp³-hybridized carbons (Fsp3) is 0.154. The highest BCUT2D eigenvalue weighted by Gasteiger charge is 2.11. The van der Waals surface area contributed by atoms with Crippen molar-refractivity contribution in [1.29, 1.82) is 5.26 Å². The van der Waals surface area contributed by atoms with E-state index in [1.165, 1.54) is 6.08 Å². The van der Waals surface area contributed by atoms with Crippen molar-refractivity contribution >= 4 is 27.9 Å². The summed E-state index contributed by atoms with van der Waals surface area (Å²) in [7, 11) is 1.60. The van der Waals surface area contributed by atoms with Crippen LogP contribution in [0, 0.1) is 11.3 Å². The summed E-state index contributed by atoms with van der Waals surface area (Å²) in [6.45, 7) is 0.930. The van der Waals surface area contributed by atoms with Crippen LogP contribution in [0.25, 0.3) is 6.08 Å². The molecule has 168 valence electrons. The molecule has 0 saturated heterocycles. The second-order valence-electron chi connectivity index (χ2n) is 6.90. The van der Waals surface area contributed by atoms with E-state index in [0.717, 1.165) is 10.0 Å². The molecule has 7 heteroatoms. The average molecular weight is 507 g/mol. The first-order valence-electron chi connectivity index (χ1n) is 10.2. The second kappa shape index (κ2) is 12.3. The van der Waals surface area contributed by atoms with Crippen molar-refractivity contribution in [2.45, 2.75) is 6.54 Å². The Morgan fingerprint density at radius 2 is 1.76 bits per heavy atom. The highest BCUT2D eigenvalue weighted by Crippen LogP contribution is 2.26. The summed E-state index contributed by atoms with van der Waals surface area (Å²) >= 11 is 3.43. The number of nitriles is 1. The molecule has 0 heterocycles. The predicted octanol–water partition coefficient (Wildman–Crippen LogP) is 5.14. The highest BCUT2D eigenvalue weighted by molar-refractivity contribution is 9.10. The molecule has 0 aliphatic carbocycles. The molecular weight excluding hydrogens is 484 g/mol. The van der Waals surface area contributed by atoms with E-state index in [4.69, 9.17) is 14.2 Å². The minimum absolute atomic E-state index is 0.0125. The van der Waals surface area contributed by atoms with Crippen molar-refractivity contribution < 1.29 is 19.0 Å². The molecule has 0 saturated carbocycles. The van der Waals surface area contributed by atoms with Gasteiger partial charge in [0.2, 0.25) is 0 Å². The van der Waals surface area contributed by atoms with Gasteiger partial charge in [-0.3, -0.25) is 4.79 Å². The molecule has 1 N–H and O–H groups in total. The first kappa shape index (κ1) is 23.9. The zero-order valence-electron chi connectivity index (χ0n) is 18.1. The van der Waals surface area contributed by atoms with Crippen LogP contribution in [0.3, 0.4) is 0 Å². The summed E-state index contributed by atoms with van der Waals surface area (Å²) in [5.74, 6) is 1.48. The Morgan fingerprint density at radius 1 is 1.00 bits per heavy atom. The number of nitrogens with zero attached hydrogens (tertiary/aromatic N) is 1. The Morgan fingerprint density at radius 3 is 2.52 bits per heavy atom. The molecule has 0 aliphatic heterocycles. The van der Waals surface area contributed by atoms with Crippen LogP contribution in [0.5, 0.6) is 17.2 Å². The largest absolute Gasteiger partial charge is 0.497 e. The van der Waals surface area contributed by atoms with Gasteiger partial charge in [0.15, 0.2) is 0 Å². The lowest BCUT2D eigenvalue weighted by atomic mass is 10.1. The maximum absolute atomic E-state index is 12.5. The summed E-state index contributed by atoms with van der Waals surface area (Å²) in [5, 5.41) is 12.3. The van der Waals surface area contributed by atoms with Crippen LogP contribution in [0.4, 0.5) is 0 Å². The molecule has 0 unspecified atom stereocenters. The van der Waals surface area contributed by atoms with E-state index < -0.39 is 5.91 Å². The third-order valence-electron chi connectivity index (χ3n) is 4.58. The van der Waals surface area contributed by atoms with Crippen LogP contribution in [-0.4, -0.2) is 26.2 Å². The van der Waals surface area contributed by atoms with Gasteiger partial charge < -0.3 is 19.5 Å². The van der Waals surface area contributed by atoms with Gasteiger partial charge in [0.05, 0.1) is 7.11 Å². The number of methoxy groups -OCH3 is 1. The SMILES string of the molecule is COc1cccc(OCCOc2ccc(Br)cc2/C=C(\C#N)C(=O)NCc2ccccc2)c1. The van der Waals surface area contributed by atoms with Crippen LogP contribution >= 0.6 is 15.9 Å². The third kappa shape index (κ3) is 7.41. The standard InChI is InChI=1S/C26H23BrN2O4/c1-31-23-8-5-9-24(16-23)32-12-13-33-25-11-10-22(27)15-20(25)14-21(17-28)26(30)29-18-19-6-3-2-4-7-19/h2-11,14-16H,12-13,18H2,1H3,(H,29,30)/b21-14+. The second-order valence-corrected chi connectivity index (χ2v) is 7.81. The lowest BCUT2D eigenvalue weighted by Crippen LogP contribution is -2.23. The van der Waals surface area contributed by atoms with Crippen LogP contribution in [0.15, 0.2) is 82.8 Å². The normalized spacial score (nSPS) is 10.8. The molecule has 0 radical (unpaired) electrons. The van der Waals surface area contributed by atoms with Gasteiger partial charge in [0.25, 0.3) is 5.91 Å². The number of halogens is 1. The monoisotopic (exact) mass is 506 g/mol. The van der Waals surface area contributed by atoms with Gasteiger partial charge in [-0.05, 0) is 42.0 Å². The Bertz CT molecular complexity index is 1160. The first-order chi connectivity index (χ1) is 16.1. The molecule has 1 amide bonds. The number of hydrogen-bond acceptors (Lipinski definition) is 5. The van der Waals surface area contributed by atoms with E-state index in [1.807, 2.05) is 60.7 Å². The fourth-order valence-corrected chi connectivity index (χ4v) is 3.32. The smallest absolute Gasteiger partial charge is 0.262 e. The van der Waals surface area contributed by atoms with E-state index in [1.54, 1.807) is 25.3 Å². The van der Waals surface area contributed by atoms with Crippen molar-refractivity contribution in [2.75, 3.05) is 20.3 Å². The molecule has 0 aliphatic rings. The fourth-order valence-electron chi connectivity index (χ4n) is 2.94. The lowest BCUT2D eigenvalue weighted by Gasteiger charge is -2.12. The van der Waals surface area contributed by atoms with Crippen molar-refractivity contribution in [1.82, 2.24) is 5.32 Å². The zero-order valence-corrected chi connectivity index (χ0v) is 19.7. The molecule has 0 fully saturated rings. The predicted molar refractivity (Wildman–Crippen MR) is 130 cm³/mol. The van der Waals surface area contributed by atoms with E-state index in [-0.39, 0.29) is 12.2 Å². The first-order valence-corrected chi connectivity index (χ1v) is 11.0. The van der Waals surface area contributed by atoms with Gasteiger partial charge in [-0.15, -0.1) is 0 Å². The topological polar surface area (TPSA) is 80.6 Å². The zero-order chi connectivity index (χ0) is 23.5. The number of rotatable bonds is 10. The van der Waals surface area contributed by atoms with E-state index >= 15 is 0 Å². The summed E-state index contributed by atoms with van der Waals surface area (Å²) in [4.78, 5) is 12.5. The number of carbonyl (C=O) groups is 1. The molecule has 3 aromatic carbocycles. The summed E-state index contributed by atoms with van der Waals surface area (Å²) in [5.41, 5.74) is 1.55. The van der Waals surface area contributed by atoms with Crippen LogP contribution in [0.1, 0.15) is 11.1 Å². The summed E-state index contributed by atoms with van der Waals surface area (Å²) in [6, 6.07) is 24.2. The number of amides is 1. The van der Waals surface area contributed by atoms with Crippen LogP contribution in [0.2, 0.25) is 0 Å². The summed E-state index contributed by atoms with van der Waals surface area (Å²) in [6.07, 6.45) is 1.52. The molecule has 6 nitrogen and oxygen atoms in total. The number of benzene rings is 3.